The van der Waals surface area contributed by atoms with Crippen LogP contribution in [0.1, 0.15) is 69.1 Å². The molecule has 0 saturated carbocycles. The van der Waals surface area contributed by atoms with Crippen LogP contribution in [0, 0.1) is 13.8 Å². The van der Waals surface area contributed by atoms with Crippen molar-refractivity contribution in [2.75, 3.05) is 13.2 Å². The molecule has 3 aromatic rings. The van der Waals surface area contributed by atoms with Crippen LogP contribution in [0.25, 0.3) is 10.9 Å². The topological polar surface area (TPSA) is 101 Å². The number of quaternary nitrogens is 1. The van der Waals surface area contributed by atoms with E-state index in [1.165, 1.54) is 10.5 Å². The number of fused-ring (bicyclic) bond motifs is 1. The quantitative estimate of drug-likeness (QED) is 0.509. The predicted molar refractivity (Wildman–Crippen MR) is 121 cm³/mol. The van der Waals surface area contributed by atoms with Gasteiger partial charge in [0.2, 0.25) is 5.82 Å². The third-order valence-electron chi connectivity index (χ3n) is 5.79. The van der Waals surface area contributed by atoms with Crippen molar-refractivity contribution in [1.82, 2.24) is 25.2 Å². The van der Waals surface area contributed by atoms with Gasteiger partial charge in [-0.2, -0.15) is 0 Å². The Labute approximate surface area is 183 Å². The molecule has 1 aromatic carbocycles. The van der Waals surface area contributed by atoms with Crippen LogP contribution in [-0.4, -0.2) is 43.4 Å². The fraction of sp³-hybridized carbons (Fsp3) is 0.565. The van der Waals surface area contributed by atoms with Crippen LogP contribution in [0.5, 0.6) is 0 Å². The lowest BCUT2D eigenvalue weighted by Crippen LogP contribution is -3.11. The lowest BCUT2D eigenvalue weighted by atomic mass is 10.0. The molecule has 3 N–H and O–H groups in total. The third-order valence-corrected chi connectivity index (χ3v) is 5.79. The van der Waals surface area contributed by atoms with Gasteiger partial charge in [-0.1, -0.05) is 18.6 Å². The highest BCUT2D eigenvalue weighted by Gasteiger charge is 2.32. The maximum Gasteiger partial charge on any atom is 0.257 e. The normalized spacial score (nSPS) is 14.2. The van der Waals surface area contributed by atoms with E-state index < -0.39 is 0 Å². The Bertz CT molecular complexity index is 1100. The van der Waals surface area contributed by atoms with Crippen molar-refractivity contribution in [3.8, 4) is 0 Å². The van der Waals surface area contributed by atoms with E-state index >= 15 is 0 Å². The standard InChI is InChI=1S/C23H34N6O2/c1-7-19(21-25-26-27-29(21)23(4,5)6)28(9-8-10-30)14-18-13-17-12-15(2)11-16(3)20(17)24-22(18)31/h11-13,19,30H,7-10,14H2,1-6H3,(H,24,31)/p+1/t19-/m0/s1. The molecular formula is C23H35N6O2+. The van der Waals surface area contributed by atoms with Crippen molar-refractivity contribution in [2.45, 2.75) is 72.5 Å². The summed E-state index contributed by atoms with van der Waals surface area (Å²) in [6, 6.07) is 6.20. The maximum atomic E-state index is 12.9. The first-order chi connectivity index (χ1) is 14.7. The van der Waals surface area contributed by atoms with Gasteiger partial charge in [0, 0.05) is 19.4 Å². The second kappa shape index (κ2) is 9.28. The zero-order valence-corrected chi connectivity index (χ0v) is 19.5. The van der Waals surface area contributed by atoms with Crippen molar-refractivity contribution in [3.05, 3.63) is 51.1 Å². The van der Waals surface area contributed by atoms with Crippen molar-refractivity contribution < 1.29 is 10.0 Å². The molecule has 2 heterocycles. The van der Waals surface area contributed by atoms with Gasteiger partial charge in [0.1, 0.15) is 12.6 Å². The monoisotopic (exact) mass is 427 g/mol. The first kappa shape index (κ1) is 23.1. The van der Waals surface area contributed by atoms with E-state index in [0.717, 1.165) is 40.8 Å². The van der Waals surface area contributed by atoms with Gasteiger partial charge in [-0.05, 0) is 68.1 Å². The molecule has 0 aliphatic rings. The fourth-order valence-corrected chi connectivity index (χ4v) is 4.34. The van der Waals surface area contributed by atoms with Crippen molar-refractivity contribution >= 4 is 10.9 Å². The zero-order valence-electron chi connectivity index (χ0n) is 19.5. The Morgan fingerprint density at radius 1 is 1.23 bits per heavy atom. The summed E-state index contributed by atoms with van der Waals surface area (Å²) in [5.41, 5.74) is 3.55. The molecule has 0 spiro atoms. The molecule has 8 heteroatoms. The second-order valence-electron chi connectivity index (χ2n) is 9.41. The highest BCUT2D eigenvalue weighted by molar-refractivity contribution is 5.82. The number of tetrazole rings is 1. The minimum absolute atomic E-state index is 0.00937. The molecule has 31 heavy (non-hydrogen) atoms. The Balaban J connectivity index is 2.02. The van der Waals surface area contributed by atoms with Crippen molar-refractivity contribution in [3.63, 3.8) is 0 Å². The van der Waals surface area contributed by atoms with Crippen LogP contribution in [0.3, 0.4) is 0 Å². The van der Waals surface area contributed by atoms with E-state index in [1.54, 1.807) is 0 Å². The molecule has 2 atom stereocenters. The number of aliphatic hydroxyl groups is 1. The number of aromatic amines is 1. The number of hydrogen-bond acceptors (Lipinski definition) is 5. The Kier molecular flexibility index (Phi) is 6.91. The molecule has 1 unspecified atom stereocenters. The minimum atomic E-state index is -0.246. The number of pyridine rings is 1. The van der Waals surface area contributed by atoms with Crippen LogP contribution >= 0.6 is 0 Å². The molecule has 0 aliphatic heterocycles. The van der Waals surface area contributed by atoms with Crippen LogP contribution < -0.4 is 10.5 Å². The van der Waals surface area contributed by atoms with E-state index in [1.807, 2.05) is 17.7 Å². The summed E-state index contributed by atoms with van der Waals surface area (Å²) >= 11 is 0. The van der Waals surface area contributed by atoms with Crippen molar-refractivity contribution in [1.29, 1.82) is 0 Å². The molecule has 0 radical (unpaired) electrons. The molecule has 8 nitrogen and oxygen atoms in total. The number of aryl methyl sites for hydroxylation is 2. The number of aliphatic hydroxyl groups excluding tert-OH is 1. The van der Waals surface area contributed by atoms with E-state index in [9.17, 15) is 9.90 Å². The summed E-state index contributed by atoms with van der Waals surface area (Å²) < 4.78 is 1.87. The zero-order chi connectivity index (χ0) is 22.8. The minimum Gasteiger partial charge on any atom is -0.396 e. The average molecular weight is 428 g/mol. The van der Waals surface area contributed by atoms with Gasteiger partial charge in [0.15, 0.2) is 0 Å². The summed E-state index contributed by atoms with van der Waals surface area (Å²) in [5, 5.41) is 23.0. The molecular weight excluding hydrogens is 392 g/mol. The highest BCUT2D eigenvalue weighted by Crippen LogP contribution is 2.20. The lowest BCUT2D eigenvalue weighted by molar-refractivity contribution is -0.946. The molecule has 168 valence electrons. The van der Waals surface area contributed by atoms with E-state index in [4.69, 9.17) is 0 Å². The Morgan fingerprint density at radius 2 is 1.97 bits per heavy atom. The number of aromatic nitrogens is 5. The summed E-state index contributed by atoms with van der Waals surface area (Å²) in [6.45, 7) is 13.8. The molecule has 0 bridgehead atoms. The lowest BCUT2D eigenvalue weighted by Gasteiger charge is -2.29. The van der Waals surface area contributed by atoms with E-state index in [2.05, 4.69) is 67.3 Å². The van der Waals surface area contributed by atoms with Crippen LogP contribution in [-0.2, 0) is 12.1 Å². The molecule has 2 aromatic heterocycles. The summed E-state index contributed by atoms with van der Waals surface area (Å²) in [6.07, 6.45) is 1.47. The first-order valence-corrected chi connectivity index (χ1v) is 11.0. The number of nitrogens with one attached hydrogen (secondary N) is 2. The fourth-order valence-electron chi connectivity index (χ4n) is 4.34. The smallest absolute Gasteiger partial charge is 0.257 e. The largest absolute Gasteiger partial charge is 0.396 e. The van der Waals surface area contributed by atoms with Gasteiger partial charge in [0.25, 0.3) is 5.56 Å². The molecule has 0 fully saturated rings. The Hall–Kier alpha value is -2.58. The number of rotatable bonds is 8. The summed E-state index contributed by atoms with van der Waals surface area (Å²) in [4.78, 5) is 17.2. The third kappa shape index (κ3) is 5.02. The van der Waals surface area contributed by atoms with Gasteiger partial charge in [-0.3, -0.25) is 4.79 Å². The molecule has 0 aliphatic carbocycles. The Morgan fingerprint density at radius 3 is 2.61 bits per heavy atom. The number of H-pyrrole nitrogens is 1. The van der Waals surface area contributed by atoms with Crippen LogP contribution in [0.15, 0.2) is 23.0 Å². The van der Waals surface area contributed by atoms with Gasteiger partial charge < -0.3 is 15.0 Å². The average Bonchev–Trinajstić information content (AvgIpc) is 3.17. The highest BCUT2D eigenvalue weighted by atomic mass is 16.3. The number of benzene rings is 1. The van der Waals surface area contributed by atoms with Crippen LogP contribution in [0.4, 0.5) is 0 Å². The predicted octanol–water partition coefficient (Wildman–Crippen LogP) is 1.81. The molecule has 0 saturated heterocycles. The van der Waals surface area contributed by atoms with Gasteiger partial charge in [-0.15, -0.1) is 5.10 Å². The number of nitrogens with zero attached hydrogens (tertiary/aromatic N) is 4. The molecule has 3 rings (SSSR count). The van der Waals surface area contributed by atoms with E-state index in [0.29, 0.717) is 13.0 Å². The maximum absolute atomic E-state index is 12.9. The molecule has 0 amide bonds. The summed E-state index contributed by atoms with van der Waals surface area (Å²) in [7, 11) is 0. The van der Waals surface area contributed by atoms with Gasteiger partial charge >= 0.3 is 0 Å². The van der Waals surface area contributed by atoms with Crippen LogP contribution in [0.2, 0.25) is 0 Å². The number of hydrogen-bond donors (Lipinski definition) is 3. The van der Waals surface area contributed by atoms with E-state index in [-0.39, 0.29) is 23.7 Å². The van der Waals surface area contributed by atoms with Gasteiger partial charge in [-0.25, -0.2) is 4.68 Å². The summed E-state index contributed by atoms with van der Waals surface area (Å²) in [5.74, 6) is 0.812. The SMILES string of the molecule is CC[C@@H](c1nnnn1C(C)(C)C)[NH+](CCCO)Cc1cc2cc(C)cc(C)c2[nH]c1=O. The van der Waals surface area contributed by atoms with Gasteiger partial charge in [0.05, 0.1) is 23.2 Å². The second-order valence-corrected chi connectivity index (χ2v) is 9.41. The van der Waals surface area contributed by atoms with Crippen molar-refractivity contribution in [2.24, 2.45) is 0 Å². The first-order valence-electron chi connectivity index (χ1n) is 11.0.